The van der Waals surface area contributed by atoms with Crippen LogP contribution in [0.2, 0.25) is 0 Å². The molecule has 3 aromatic carbocycles. The Morgan fingerprint density at radius 1 is 0.783 bits per heavy atom. The lowest BCUT2D eigenvalue weighted by atomic mass is 9.92. The molecule has 1 amide bonds. The number of benzene rings is 3. The van der Waals surface area contributed by atoms with Crippen molar-refractivity contribution in [3.63, 3.8) is 0 Å². The highest BCUT2D eigenvalue weighted by Gasteiger charge is 2.26. The minimum absolute atomic E-state index is 0.0135. The largest absolute Gasteiger partial charge is 0.494 e. The Balaban J connectivity index is 1.36. The van der Waals surface area contributed by atoms with Gasteiger partial charge in [0.2, 0.25) is 5.91 Å². The number of carbonyl (C=O) groups is 4. The number of ether oxygens (including phenoxy) is 2. The maximum absolute atomic E-state index is 13.6. The first-order chi connectivity index (χ1) is 22.5. The standard InChI is InChI=1S/C37H37N3O6/c41-25-30(21-27-6-2-1-3-7-27)39-37(44)29-20-28-10-15-32(16-11-28)46-19-5-4-18-45-31-13-8-26(9-14-31)12-17-35(42)33-23-38-24-34(40-33)36(43)22-29/h1-3,6-11,13-16,23-25,29-30H,4-5,12,17-22H2,(H,39,44)/t29-,30+/m1/s1. The number of carbonyl (C=O) groups excluding carboxylic acids is 4. The predicted octanol–water partition coefficient (Wildman–Crippen LogP) is 5.20. The molecular formula is C37H37N3O6. The maximum atomic E-state index is 13.6. The molecule has 1 aromatic heterocycles. The number of aromatic nitrogens is 2. The predicted molar refractivity (Wildman–Crippen MR) is 172 cm³/mol. The lowest BCUT2D eigenvalue weighted by Gasteiger charge is -2.20. The van der Waals surface area contributed by atoms with Crippen LogP contribution >= 0.6 is 0 Å². The van der Waals surface area contributed by atoms with Crippen LogP contribution in [0, 0.1) is 5.92 Å². The van der Waals surface area contributed by atoms with Crippen molar-refractivity contribution in [3.05, 3.63) is 119 Å². The fourth-order valence-corrected chi connectivity index (χ4v) is 5.25. The molecule has 0 unspecified atom stereocenters. The number of Topliss-reactive ketones (excluding diaryl/α,β-unsaturated/α-hetero) is 2. The van der Waals surface area contributed by atoms with E-state index in [0.717, 1.165) is 35.3 Å². The monoisotopic (exact) mass is 619 g/mol. The van der Waals surface area contributed by atoms with Gasteiger partial charge in [-0.1, -0.05) is 54.6 Å². The number of nitrogens with one attached hydrogen (secondary N) is 1. The van der Waals surface area contributed by atoms with Crippen molar-refractivity contribution in [3.8, 4) is 11.5 Å². The number of nitrogens with zero attached hydrogens (tertiary/aromatic N) is 2. The molecule has 5 heterocycles. The van der Waals surface area contributed by atoms with Gasteiger partial charge in [0.05, 0.1) is 31.6 Å². The van der Waals surface area contributed by atoms with Gasteiger partial charge in [-0.2, -0.15) is 0 Å². The minimum atomic E-state index is -0.799. The zero-order valence-corrected chi connectivity index (χ0v) is 25.6. The average Bonchev–Trinajstić information content (AvgIpc) is 3.09. The van der Waals surface area contributed by atoms with Crippen molar-refractivity contribution in [2.45, 2.75) is 51.0 Å². The zero-order valence-electron chi connectivity index (χ0n) is 25.6. The quantitative estimate of drug-likeness (QED) is 0.302. The molecule has 0 saturated heterocycles. The van der Waals surface area contributed by atoms with Gasteiger partial charge in [0.25, 0.3) is 0 Å². The first-order valence-electron chi connectivity index (χ1n) is 15.6. The Labute approximate surface area is 268 Å². The van der Waals surface area contributed by atoms with E-state index in [4.69, 9.17) is 9.47 Å². The van der Waals surface area contributed by atoms with Crippen LogP contribution in [0.25, 0.3) is 0 Å². The van der Waals surface area contributed by atoms with Crippen LogP contribution in [0.3, 0.4) is 0 Å². The molecule has 2 atom stereocenters. The third-order valence-electron chi connectivity index (χ3n) is 7.84. The van der Waals surface area contributed by atoms with E-state index in [-0.39, 0.29) is 36.4 Å². The summed E-state index contributed by atoms with van der Waals surface area (Å²) in [6.07, 6.45) is 6.10. The second kappa shape index (κ2) is 16.2. The third kappa shape index (κ3) is 9.41. The molecule has 4 aromatic rings. The molecule has 46 heavy (non-hydrogen) atoms. The topological polar surface area (TPSA) is 125 Å². The highest BCUT2D eigenvalue weighted by molar-refractivity contribution is 5.99. The van der Waals surface area contributed by atoms with E-state index in [9.17, 15) is 19.2 Å². The second-order valence-electron chi connectivity index (χ2n) is 11.4. The van der Waals surface area contributed by atoms with Crippen molar-refractivity contribution >= 4 is 23.8 Å². The molecule has 236 valence electrons. The van der Waals surface area contributed by atoms with Gasteiger partial charge >= 0.3 is 0 Å². The van der Waals surface area contributed by atoms with Crippen LogP contribution in [0.4, 0.5) is 0 Å². The summed E-state index contributed by atoms with van der Waals surface area (Å²) in [5.74, 6) is -0.402. The van der Waals surface area contributed by atoms with E-state index in [1.165, 1.54) is 12.4 Å². The van der Waals surface area contributed by atoms with E-state index >= 15 is 0 Å². The van der Waals surface area contributed by atoms with Crippen LogP contribution in [0.5, 0.6) is 11.5 Å². The second-order valence-corrected chi connectivity index (χ2v) is 11.4. The summed E-state index contributed by atoms with van der Waals surface area (Å²) in [7, 11) is 0. The molecule has 1 N–H and O–H groups in total. The van der Waals surface area contributed by atoms with Crippen LogP contribution in [0.1, 0.15) is 63.4 Å². The number of ketones is 2. The van der Waals surface area contributed by atoms with E-state index < -0.39 is 23.7 Å². The van der Waals surface area contributed by atoms with Gasteiger partial charge in [-0.15, -0.1) is 0 Å². The van der Waals surface area contributed by atoms with Crippen LogP contribution < -0.4 is 14.8 Å². The SMILES string of the molecule is O=C[C@H](Cc1ccccc1)NC(=O)[C@H]1CC(=O)c2cncc(n2)C(=O)CCc2ccc(cc2)OCCCCOc2ccc(cc2)C1. The number of rotatable bonds is 5. The number of aryl methyl sites for hydroxylation is 1. The molecule has 0 radical (unpaired) electrons. The molecule has 0 fully saturated rings. The Morgan fingerprint density at radius 2 is 1.39 bits per heavy atom. The highest BCUT2D eigenvalue weighted by Crippen LogP contribution is 2.21. The summed E-state index contributed by atoms with van der Waals surface area (Å²) in [6.45, 7) is 1.09. The zero-order chi connectivity index (χ0) is 32.1. The van der Waals surface area contributed by atoms with E-state index in [2.05, 4.69) is 15.3 Å². The van der Waals surface area contributed by atoms with Gasteiger partial charge in [0.15, 0.2) is 11.6 Å². The molecular weight excluding hydrogens is 582 g/mol. The highest BCUT2D eigenvalue weighted by atomic mass is 16.5. The summed E-state index contributed by atoms with van der Waals surface area (Å²) in [5, 5.41) is 2.83. The molecule has 8 rings (SSSR count). The fraction of sp³-hybridized carbons (Fsp3) is 0.297. The van der Waals surface area contributed by atoms with Crippen molar-refractivity contribution in [2.75, 3.05) is 13.2 Å². The Bertz CT molecular complexity index is 1620. The Hall–Kier alpha value is -5.18. The van der Waals surface area contributed by atoms with Crippen LogP contribution in [-0.4, -0.2) is 53.0 Å². The van der Waals surface area contributed by atoms with Gasteiger partial charge in [-0.25, -0.2) is 4.98 Å². The first-order valence-corrected chi connectivity index (χ1v) is 15.6. The van der Waals surface area contributed by atoms with Crippen LogP contribution in [-0.2, 0) is 28.9 Å². The molecule has 0 saturated carbocycles. The van der Waals surface area contributed by atoms with Gasteiger partial charge in [0, 0.05) is 18.8 Å². The molecule has 6 bridgehead atoms. The summed E-state index contributed by atoms with van der Waals surface area (Å²) in [4.78, 5) is 60.5. The number of hydrogen-bond donors (Lipinski definition) is 1. The van der Waals surface area contributed by atoms with Gasteiger partial charge < -0.3 is 19.6 Å². The molecule has 0 aliphatic carbocycles. The molecule has 0 spiro atoms. The van der Waals surface area contributed by atoms with Crippen molar-refractivity contribution < 1.29 is 28.7 Å². The Kier molecular flexibility index (Phi) is 11.4. The first kappa shape index (κ1) is 32.2. The lowest BCUT2D eigenvalue weighted by molar-refractivity contribution is -0.127. The summed E-state index contributed by atoms with van der Waals surface area (Å²) >= 11 is 0. The number of aldehydes is 1. The van der Waals surface area contributed by atoms with Crippen LogP contribution in [0.15, 0.2) is 91.3 Å². The third-order valence-corrected chi connectivity index (χ3v) is 7.84. The smallest absolute Gasteiger partial charge is 0.224 e. The Morgan fingerprint density at radius 3 is 2.02 bits per heavy atom. The van der Waals surface area contributed by atoms with E-state index in [0.29, 0.717) is 38.1 Å². The minimum Gasteiger partial charge on any atom is -0.494 e. The molecule has 9 nitrogen and oxygen atoms in total. The molecule has 4 aliphatic heterocycles. The summed E-state index contributed by atoms with van der Waals surface area (Å²) in [5.41, 5.74) is 2.82. The maximum Gasteiger partial charge on any atom is 0.224 e. The average molecular weight is 620 g/mol. The summed E-state index contributed by atoms with van der Waals surface area (Å²) in [6, 6.07) is 23.7. The fourth-order valence-electron chi connectivity index (χ4n) is 5.25. The molecule has 9 heteroatoms. The molecule has 4 aliphatic rings. The number of hydrogen-bond acceptors (Lipinski definition) is 8. The normalized spacial score (nSPS) is 16.8. The lowest BCUT2D eigenvalue weighted by Crippen LogP contribution is -2.42. The van der Waals surface area contributed by atoms with Crippen molar-refractivity contribution in [2.24, 2.45) is 5.92 Å². The van der Waals surface area contributed by atoms with E-state index in [1.807, 2.05) is 78.9 Å². The van der Waals surface area contributed by atoms with E-state index in [1.54, 1.807) is 0 Å². The van der Waals surface area contributed by atoms with Gasteiger partial charge in [-0.05, 0) is 73.1 Å². The van der Waals surface area contributed by atoms with Crippen molar-refractivity contribution in [1.82, 2.24) is 15.3 Å². The summed E-state index contributed by atoms with van der Waals surface area (Å²) < 4.78 is 11.7. The number of amides is 1. The van der Waals surface area contributed by atoms with Gasteiger partial charge in [-0.3, -0.25) is 19.4 Å². The van der Waals surface area contributed by atoms with Crippen molar-refractivity contribution in [1.29, 1.82) is 0 Å². The van der Waals surface area contributed by atoms with Gasteiger partial charge in [0.1, 0.15) is 29.2 Å².